The van der Waals surface area contributed by atoms with Gasteiger partial charge >= 0.3 is 0 Å². The van der Waals surface area contributed by atoms with E-state index in [-0.39, 0.29) is 10.6 Å². The quantitative estimate of drug-likeness (QED) is 0.578. The minimum atomic E-state index is -0.377. The molecule has 0 aromatic heterocycles. The highest BCUT2D eigenvalue weighted by Gasteiger charge is 2.15. The number of benzene rings is 2. The van der Waals surface area contributed by atoms with E-state index in [1.165, 1.54) is 6.07 Å². The van der Waals surface area contributed by atoms with Crippen LogP contribution < -0.4 is 0 Å². The van der Waals surface area contributed by atoms with Gasteiger partial charge in [0.25, 0.3) is 5.69 Å². The molecule has 5 heteroatoms. The fourth-order valence-electron chi connectivity index (χ4n) is 1.47. The fourth-order valence-corrected chi connectivity index (χ4v) is 2.52. The van der Waals surface area contributed by atoms with E-state index in [0.717, 1.165) is 9.86 Å². The summed E-state index contributed by atoms with van der Waals surface area (Å²) in [4.78, 5) is 10.5. The Labute approximate surface area is 103 Å². The van der Waals surface area contributed by atoms with Crippen LogP contribution >= 0.6 is 31.9 Å². The van der Waals surface area contributed by atoms with Crippen LogP contribution in [0.3, 0.4) is 0 Å². The summed E-state index contributed by atoms with van der Waals surface area (Å²) in [6.45, 7) is 0. The topological polar surface area (TPSA) is 43.1 Å². The van der Waals surface area contributed by atoms with Crippen molar-refractivity contribution in [3.63, 3.8) is 0 Å². The first-order chi connectivity index (χ1) is 7.09. The van der Waals surface area contributed by atoms with Crippen molar-refractivity contribution in [3.8, 4) is 0 Å². The minimum Gasteiger partial charge on any atom is -0.258 e. The zero-order valence-electron chi connectivity index (χ0n) is 7.41. The highest BCUT2D eigenvalue weighted by Crippen LogP contribution is 2.34. The van der Waals surface area contributed by atoms with Gasteiger partial charge in [-0.1, -0.05) is 28.1 Å². The predicted octanol–water partition coefficient (Wildman–Crippen LogP) is 4.27. The van der Waals surface area contributed by atoms with Crippen molar-refractivity contribution in [1.29, 1.82) is 0 Å². The van der Waals surface area contributed by atoms with Crippen LogP contribution in [0, 0.1) is 10.1 Å². The molecule has 0 aliphatic heterocycles. The van der Waals surface area contributed by atoms with Crippen LogP contribution in [0.15, 0.2) is 39.3 Å². The molecule has 2 rings (SSSR count). The van der Waals surface area contributed by atoms with Gasteiger partial charge in [-0.05, 0) is 33.4 Å². The van der Waals surface area contributed by atoms with Crippen molar-refractivity contribution in [3.05, 3.63) is 49.4 Å². The van der Waals surface area contributed by atoms with Crippen molar-refractivity contribution in [2.24, 2.45) is 0 Å². The average molecular weight is 331 g/mol. The maximum atomic E-state index is 10.9. The molecule has 0 unspecified atom stereocenters. The van der Waals surface area contributed by atoms with E-state index in [1.807, 2.05) is 18.2 Å². The smallest absolute Gasteiger partial charge is 0.258 e. The molecule has 2 aromatic rings. The highest BCUT2D eigenvalue weighted by atomic mass is 79.9. The molecule has 0 heterocycles. The van der Waals surface area contributed by atoms with Crippen molar-refractivity contribution in [1.82, 2.24) is 0 Å². The lowest BCUT2D eigenvalue weighted by molar-refractivity contribution is -0.383. The normalized spacial score (nSPS) is 10.5. The molecule has 0 aliphatic rings. The zero-order chi connectivity index (χ0) is 11.0. The number of rotatable bonds is 1. The average Bonchev–Trinajstić information content (AvgIpc) is 2.16. The number of fused-ring (bicyclic) bond motifs is 1. The van der Waals surface area contributed by atoms with E-state index in [1.54, 1.807) is 6.07 Å². The SMILES string of the molecule is O=[N+]([O-])c1cc(Br)cc2cccc(Br)c12. The van der Waals surface area contributed by atoms with Gasteiger partial charge in [-0.3, -0.25) is 10.1 Å². The Morgan fingerprint density at radius 2 is 1.93 bits per heavy atom. The maximum absolute atomic E-state index is 10.9. The first-order valence-corrected chi connectivity index (χ1v) is 5.70. The Hall–Kier alpha value is -0.940. The van der Waals surface area contributed by atoms with Gasteiger partial charge in [-0.25, -0.2) is 0 Å². The third-order valence-electron chi connectivity index (χ3n) is 2.07. The molecule has 2 aromatic carbocycles. The van der Waals surface area contributed by atoms with Crippen molar-refractivity contribution >= 4 is 48.3 Å². The monoisotopic (exact) mass is 329 g/mol. The van der Waals surface area contributed by atoms with Gasteiger partial charge in [0.2, 0.25) is 0 Å². The second kappa shape index (κ2) is 3.90. The summed E-state index contributed by atoms with van der Waals surface area (Å²) in [7, 11) is 0. The van der Waals surface area contributed by atoms with Gasteiger partial charge < -0.3 is 0 Å². The van der Waals surface area contributed by atoms with Crippen molar-refractivity contribution in [2.45, 2.75) is 0 Å². The summed E-state index contributed by atoms with van der Waals surface area (Å²) >= 11 is 6.58. The maximum Gasteiger partial charge on any atom is 0.279 e. The standard InChI is InChI=1S/C10H5Br2NO2/c11-7-4-6-2-1-3-8(12)10(6)9(5-7)13(14)15/h1-5H. The molecule has 0 bridgehead atoms. The summed E-state index contributed by atoms with van der Waals surface area (Å²) in [5.41, 5.74) is 0.104. The summed E-state index contributed by atoms with van der Waals surface area (Å²) in [6, 6.07) is 8.85. The molecule has 0 saturated carbocycles. The molecule has 0 fully saturated rings. The molecule has 15 heavy (non-hydrogen) atoms. The van der Waals surface area contributed by atoms with E-state index < -0.39 is 0 Å². The third kappa shape index (κ3) is 1.89. The molecule has 0 atom stereocenters. The van der Waals surface area contributed by atoms with Crippen LogP contribution in [-0.2, 0) is 0 Å². The van der Waals surface area contributed by atoms with Gasteiger partial charge in [0.05, 0.1) is 10.3 Å². The van der Waals surface area contributed by atoms with Crippen LogP contribution in [0.4, 0.5) is 5.69 Å². The van der Waals surface area contributed by atoms with Gasteiger partial charge in [-0.15, -0.1) is 0 Å². The molecule has 0 spiro atoms. The number of hydrogen-bond donors (Lipinski definition) is 0. The molecule has 0 aliphatic carbocycles. The molecule has 3 nitrogen and oxygen atoms in total. The number of nitro benzene ring substituents is 1. The van der Waals surface area contributed by atoms with Gasteiger partial charge in [-0.2, -0.15) is 0 Å². The highest BCUT2D eigenvalue weighted by molar-refractivity contribution is 9.11. The van der Waals surface area contributed by atoms with E-state index in [4.69, 9.17) is 0 Å². The van der Waals surface area contributed by atoms with Crippen molar-refractivity contribution in [2.75, 3.05) is 0 Å². The van der Waals surface area contributed by atoms with E-state index >= 15 is 0 Å². The van der Waals surface area contributed by atoms with Crippen LogP contribution in [0.1, 0.15) is 0 Å². The van der Waals surface area contributed by atoms with Crippen LogP contribution in [-0.4, -0.2) is 4.92 Å². The summed E-state index contributed by atoms with van der Waals surface area (Å²) in [5.74, 6) is 0. The number of hydrogen-bond acceptors (Lipinski definition) is 2. The van der Waals surface area contributed by atoms with E-state index in [0.29, 0.717) is 9.86 Å². The van der Waals surface area contributed by atoms with Crippen LogP contribution in [0.2, 0.25) is 0 Å². The first-order valence-electron chi connectivity index (χ1n) is 4.12. The Morgan fingerprint density at radius 3 is 2.60 bits per heavy atom. The zero-order valence-corrected chi connectivity index (χ0v) is 10.6. The lowest BCUT2D eigenvalue weighted by Crippen LogP contribution is -1.90. The molecule has 0 amide bonds. The lowest BCUT2D eigenvalue weighted by Gasteiger charge is -2.02. The number of nitro groups is 1. The summed E-state index contributed by atoms with van der Waals surface area (Å²) in [6.07, 6.45) is 0. The summed E-state index contributed by atoms with van der Waals surface area (Å²) in [5, 5.41) is 12.4. The third-order valence-corrected chi connectivity index (χ3v) is 3.19. The van der Waals surface area contributed by atoms with Gasteiger partial charge in [0.15, 0.2) is 0 Å². The number of halogens is 2. The predicted molar refractivity (Wildman–Crippen MR) is 66.0 cm³/mol. The Bertz CT molecular complexity index is 554. The lowest BCUT2D eigenvalue weighted by atomic mass is 10.1. The molecule has 0 saturated heterocycles. The molecular weight excluding hydrogens is 326 g/mol. The summed E-state index contributed by atoms with van der Waals surface area (Å²) < 4.78 is 1.44. The van der Waals surface area contributed by atoms with E-state index in [9.17, 15) is 10.1 Å². The Kier molecular flexibility index (Phi) is 2.75. The van der Waals surface area contributed by atoms with E-state index in [2.05, 4.69) is 31.9 Å². The van der Waals surface area contributed by atoms with Crippen LogP contribution in [0.25, 0.3) is 10.8 Å². The molecule has 0 radical (unpaired) electrons. The largest absolute Gasteiger partial charge is 0.279 e. The minimum absolute atomic E-state index is 0.104. The molecule has 0 N–H and O–H groups in total. The first kappa shape index (κ1) is 10.6. The Balaban J connectivity index is 2.94. The molecular formula is C10H5Br2NO2. The fraction of sp³-hybridized carbons (Fsp3) is 0. The second-order valence-electron chi connectivity index (χ2n) is 3.02. The van der Waals surface area contributed by atoms with Crippen LogP contribution in [0.5, 0.6) is 0 Å². The molecule has 76 valence electrons. The number of non-ortho nitro benzene ring substituents is 1. The van der Waals surface area contributed by atoms with Crippen molar-refractivity contribution < 1.29 is 4.92 Å². The van der Waals surface area contributed by atoms with Gasteiger partial charge in [0.1, 0.15) is 0 Å². The number of nitrogens with zero attached hydrogens (tertiary/aromatic N) is 1. The van der Waals surface area contributed by atoms with Gasteiger partial charge in [0, 0.05) is 15.0 Å². The second-order valence-corrected chi connectivity index (χ2v) is 4.79. The Morgan fingerprint density at radius 1 is 1.20 bits per heavy atom.